The van der Waals surface area contributed by atoms with Crippen molar-refractivity contribution >= 4 is 34.6 Å². The molecule has 0 radical (unpaired) electrons. The summed E-state index contributed by atoms with van der Waals surface area (Å²) in [5.41, 5.74) is 7.35. The van der Waals surface area contributed by atoms with Gasteiger partial charge < -0.3 is 36.2 Å². The lowest BCUT2D eigenvalue weighted by Crippen LogP contribution is -2.45. The Labute approximate surface area is 201 Å². The molecule has 0 aliphatic heterocycles. The summed E-state index contributed by atoms with van der Waals surface area (Å²) in [7, 11) is 3.27. The number of rotatable bonds is 11. The van der Waals surface area contributed by atoms with E-state index < -0.39 is 18.4 Å². The van der Waals surface area contributed by atoms with E-state index in [2.05, 4.69) is 25.6 Å². The molecule has 0 bridgehead atoms. The molecule has 34 heavy (non-hydrogen) atoms. The number of amides is 2. The van der Waals surface area contributed by atoms with Crippen LogP contribution in [0.15, 0.2) is 36.9 Å². The highest BCUT2D eigenvalue weighted by molar-refractivity contribution is 6.30. The molecule has 0 unspecified atom stereocenters. The van der Waals surface area contributed by atoms with Crippen molar-refractivity contribution in [3.05, 3.63) is 47.5 Å². The first-order valence-electron chi connectivity index (χ1n) is 10.6. The number of hydrogen-bond donors (Lipinski definition) is 5. The number of ether oxygens (including phenoxy) is 1. The number of nitrogens with one attached hydrogen (secondary N) is 2. The number of aliphatic hydroxyl groups excluding tert-OH is 2. The molecular weight excluding hydrogens is 464 g/mol. The number of nitrogens with zero attached hydrogens (tertiary/aromatic N) is 5. The highest BCUT2D eigenvalue weighted by Crippen LogP contribution is 2.21. The SMILES string of the molecule is CO[C@H](CN(C)CCNC(=O)NCc1ccc(Cl)cc1)[C@@H](O)[C@@H](O)n1cnc2c(N)ncnc21. The Morgan fingerprint density at radius 1 is 1.24 bits per heavy atom. The molecule has 2 amide bonds. The molecule has 12 nitrogen and oxygen atoms in total. The molecule has 0 aliphatic carbocycles. The molecule has 6 N–H and O–H groups in total. The van der Waals surface area contributed by atoms with Crippen molar-refractivity contribution in [2.45, 2.75) is 25.0 Å². The van der Waals surface area contributed by atoms with Gasteiger partial charge in [0.25, 0.3) is 0 Å². The van der Waals surface area contributed by atoms with Crippen molar-refractivity contribution in [1.82, 2.24) is 35.1 Å². The number of aliphatic hydroxyl groups is 2. The van der Waals surface area contributed by atoms with Crippen LogP contribution in [0.3, 0.4) is 0 Å². The van der Waals surface area contributed by atoms with E-state index in [1.165, 1.54) is 24.3 Å². The maximum Gasteiger partial charge on any atom is 0.315 e. The van der Waals surface area contributed by atoms with E-state index in [0.29, 0.717) is 42.4 Å². The second-order valence-electron chi connectivity index (χ2n) is 7.76. The minimum atomic E-state index is -1.37. The number of nitrogens with two attached hydrogens (primary N) is 1. The van der Waals surface area contributed by atoms with Gasteiger partial charge in [-0.15, -0.1) is 0 Å². The zero-order chi connectivity index (χ0) is 24.7. The summed E-state index contributed by atoms with van der Waals surface area (Å²) in [5, 5.41) is 27.6. The van der Waals surface area contributed by atoms with Crippen molar-refractivity contribution in [3.8, 4) is 0 Å². The molecule has 0 saturated carbocycles. The number of carbonyl (C=O) groups is 1. The zero-order valence-corrected chi connectivity index (χ0v) is 19.7. The summed E-state index contributed by atoms with van der Waals surface area (Å²) >= 11 is 5.85. The number of urea groups is 1. The van der Waals surface area contributed by atoms with Gasteiger partial charge in [-0.05, 0) is 24.7 Å². The van der Waals surface area contributed by atoms with Crippen LogP contribution < -0.4 is 16.4 Å². The van der Waals surface area contributed by atoms with Gasteiger partial charge >= 0.3 is 6.03 Å². The Hall–Kier alpha value is -3.03. The zero-order valence-electron chi connectivity index (χ0n) is 18.9. The summed E-state index contributed by atoms with van der Waals surface area (Å²) in [4.78, 5) is 25.9. The normalized spacial score (nSPS) is 14.2. The predicted octanol–water partition coefficient (Wildman–Crippen LogP) is 0.360. The molecule has 3 atom stereocenters. The maximum absolute atomic E-state index is 12.0. The number of nitrogen functional groups attached to an aromatic ring is 1. The lowest BCUT2D eigenvalue weighted by Gasteiger charge is -2.29. The highest BCUT2D eigenvalue weighted by atomic mass is 35.5. The van der Waals surface area contributed by atoms with E-state index in [9.17, 15) is 15.0 Å². The first-order valence-corrected chi connectivity index (χ1v) is 10.9. The fraction of sp³-hybridized carbons (Fsp3) is 0.429. The Morgan fingerprint density at radius 2 is 1.97 bits per heavy atom. The average Bonchev–Trinajstić information content (AvgIpc) is 3.27. The van der Waals surface area contributed by atoms with Crippen LogP contribution in [0.5, 0.6) is 0 Å². The van der Waals surface area contributed by atoms with Crippen LogP contribution in [-0.2, 0) is 11.3 Å². The van der Waals surface area contributed by atoms with Crippen molar-refractivity contribution in [2.24, 2.45) is 0 Å². The summed E-state index contributed by atoms with van der Waals surface area (Å²) < 4.78 is 6.73. The molecule has 3 aromatic rings. The molecule has 2 aromatic heterocycles. The van der Waals surface area contributed by atoms with Crippen molar-refractivity contribution in [1.29, 1.82) is 0 Å². The van der Waals surface area contributed by atoms with Gasteiger partial charge in [0.1, 0.15) is 24.1 Å². The van der Waals surface area contributed by atoms with Crippen LogP contribution in [0.2, 0.25) is 5.02 Å². The van der Waals surface area contributed by atoms with Gasteiger partial charge in [-0.2, -0.15) is 0 Å². The topological polar surface area (TPSA) is 164 Å². The number of imidazole rings is 1. The predicted molar refractivity (Wildman–Crippen MR) is 127 cm³/mol. The van der Waals surface area contributed by atoms with Crippen molar-refractivity contribution in [3.63, 3.8) is 0 Å². The summed E-state index contributed by atoms with van der Waals surface area (Å²) in [6.07, 6.45) is -0.775. The third-order valence-corrected chi connectivity index (χ3v) is 5.55. The lowest BCUT2D eigenvalue weighted by molar-refractivity contribution is -0.108. The third kappa shape index (κ3) is 6.52. The van der Waals surface area contributed by atoms with Gasteiger partial charge in [-0.1, -0.05) is 23.7 Å². The van der Waals surface area contributed by atoms with E-state index >= 15 is 0 Å². The fourth-order valence-electron chi connectivity index (χ4n) is 3.35. The number of anilines is 1. The molecule has 0 fully saturated rings. The Kier molecular flexibility index (Phi) is 8.96. The van der Waals surface area contributed by atoms with E-state index in [4.69, 9.17) is 22.1 Å². The molecular formula is C21H29ClN8O4. The number of hydrogen-bond acceptors (Lipinski definition) is 9. The maximum atomic E-state index is 12.0. The smallest absolute Gasteiger partial charge is 0.315 e. The van der Waals surface area contributed by atoms with Crippen molar-refractivity contribution < 1.29 is 19.7 Å². The second kappa shape index (κ2) is 11.9. The van der Waals surface area contributed by atoms with Gasteiger partial charge in [0.15, 0.2) is 17.7 Å². The number of likely N-dealkylation sites (N-methyl/N-ethyl adjacent to an activating group) is 1. The monoisotopic (exact) mass is 492 g/mol. The van der Waals surface area contributed by atoms with E-state index in [-0.39, 0.29) is 11.8 Å². The third-order valence-electron chi connectivity index (χ3n) is 5.30. The van der Waals surface area contributed by atoms with E-state index in [0.717, 1.165) is 5.56 Å². The largest absolute Gasteiger partial charge is 0.386 e. The summed E-state index contributed by atoms with van der Waals surface area (Å²) in [6.45, 7) is 1.55. The van der Waals surface area contributed by atoms with Crippen LogP contribution in [0, 0.1) is 0 Å². The molecule has 184 valence electrons. The van der Waals surface area contributed by atoms with Crippen LogP contribution >= 0.6 is 11.6 Å². The number of carbonyl (C=O) groups excluding carboxylic acids is 1. The van der Waals surface area contributed by atoms with Crippen LogP contribution in [0.4, 0.5) is 10.6 Å². The Bertz CT molecular complexity index is 1080. The highest BCUT2D eigenvalue weighted by Gasteiger charge is 2.30. The van der Waals surface area contributed by atoms with Crippen LogP contribution in [-0.4, -0.2) is 86.7 Å². The Balaban J connectivity index is 1.45. The molecule has 0 spiro atoms. The number of halogens is 1. The molecule has 1 aromatic carbocycles. The van der Waals surface area contributed by atoms with Gasteiger partial charge in [-0.3, -0.25) is 4.57 Å². The average molecular weight is 493 g/mol. The van der Waals surface area contributed by atoms with Crippen LogP contribution in [0.25, 0.3) is 11.2 Å². The van der Waals surface area contributed by atoms with Gasteiger partial charge in [0.05, 0.1) is 6.33 Å². The molecule has 13 heteroatoms. The molecule has 0 aliphatic rings. The van der Waals surface area contributed by atoms with Gasteiger partial charge in [0, 0.05) is 38.3 Å². The first kappa shape index (κ1) is 25.6. The Morgan fingerprint density at radius 3 is 2.68 bits per heavy atom. The van der Waals surface area contributed by atoms with Crippen molar-refractivity contribution in [2.75, 3.05) is 39.5 Å². The number of aromatic nitrogens is 4. The van der Waals surface area contributed by atoms with E-state index in [1.54, 1.807) is 12.1 Å². The quantitative estimate of drug-likeness (QED) is 0.254. The second-order valence-corrected chi connectivity index (χ2v) is 8.20. The van der Waals surface area contributed by atoms with Gasteiger partial charge in [0.2, 0.25) is 0 Å². The minimum Gasteiger partial charge on any atom is -0.386 e. The lowest BCUT2D eigenvalue weighted by atomic mass is 10.1. The van der Waals surface area contributed by atoms with Gasteiger partial charge in [-0.25, -0.2) is 19.7 Å². The number of methoxy groups -OCH3 is 1. The standard InChI is InChI=1S/C21H29ClN8O4/c1-29(8-7-24-21(33)25-9-13-3-5-14(22)6-4-13)10-15(34-2)17(31)20(32)30-12-28-16-18(23)26-11-27-19(16)30/h3-6,11-12,15,17,20,31-32H,7-10H2,1-2H3,(H2,23,26,27)(H2,24,25,33)/t15-,17-,20-/m1/s1. The fourth-order valence-corrected chi connectivity index (χ4v) is 3.47. The molecule has 0 saturated heterocycles. The molecule has 3 rings (SSSR count). The minimum absolute atomic E-state index is 0.179. The van der Waals surface area contributed by atoms with Crippen LogP contribution in [0.1, 0.15) is 11.8 Å². The summed E-state index contributed by atoms with van der Waals surface area (Å²) in [5.74, 6) is 0.179. The number of benzene rings is 1. The first-order chi connectivity index (χ1) is 16.3. The van der Waals surface area contributed by atoms with E-state index in [1.807, 2.05) is 24.1 Å². The summed E-state index contributed by atoms with van der Waals surface area (Å²) in [6, 6.07) is 6.92. The number of fused-ring (bicyclic) bond motifs is 1. The molecule has 2 heterocycles.